The summed E-state index contributed by atoms with van der Waals surface area (Å²) in [5, 5.41) is 4.90. The van der Waals surface area contributed by atoms with Crippen LogP contribution in [0.5, 0.6) is 0 Å². The van der Waals surface area contributed by atoms with E-state index in [1.807, 2.05) is 25.1 Å². The maximum Gasteiger partial charge on any atom is 0.192 e. The van der Waals surface area contributed by atoms with Gasteiger partial charge in [0.25, 0.3) is 0 Å². The first kappa shape index (κ1) is 15.3. The zero-order chi connectivity index (χ0) is 14.4. The van der Waals surface area contributed by atoms with Crippen molar-refractivity contribution in [2.45, 2.75) is 36.9 Å². The second-order valence-corrected chi connectivity index (χ2v) is 5.96. The Bertz CT molecular complexity index is 575. The number of benzene rings is 1. The summed E-state index contributed by atoms with van der Waals surface area (Å²) in [4.78, 5) is 9.82. The van der Waals surface area contributed by atoms with Crippen molar-refractivity contribution in [3.8, 4) is 0 Å². The van der Waals surface area contributed by atoms with Gasteiger partial charge in [-0.25, -0.2) is 9.97 Å². The van der Waals surface area contributed by atoms with Crippen molar-refractivity contribution < 1.29 is 0 Å². The predicted molar refractivity (Wildman–Crippen MR) is 84.3 cm³/mol. The minimum Gasteiger partial charge on any atom is -0.313 e. The van der Waals surface area contributed by atoms with Crippen molar-refractivity contribution in [1.82, 2.24) is 15.3 Å². The highest BCUT2D eigenvalue weighted by Crippen LogP contribution is 2.30. The highest BCUT2D eigenvalue weighted by molar-refractivity contribution is 7.99. The van der Waals surface area contributed by atoms with Gasteiger partial charge >= 0.3 is 0 Å². The molecule has 20 heavy (non-hydrogen) atoms. The normalized spacial score (nSPS) is 10.8. The van der Waals surface area contributed by atoms with Crippen LogP contribution in [-0.2, 0) is 6.54 Å². The van der Waals surface area contributed by atoms with Crippen LogP contribution in [0.3, 0.4) is 0 Å². The molecule has 2 aromatic rings. The molecule has 1 aromatic carbocycles. The molecule has 0 saturated heterocycles. The van der Waals surface area contributed by atoms with Crippen molar-refractivity contribution in [2.24, 2.45) is 0 Å². The van der Waals surface area contributed by atoms with Gasteiger partial charge in [-0.3, -0.25) is 0 Å². The highest BCUT2D eigenvalue weighted by Gasteiger charge is 2.07. The van der Waals surface area contributed by atoms with Crippen molar-refractivity contribution >= 4 is 23.4 Å². The van der Waals surface area contributed by atoms with Gasteiger partial charge in [0.2, 0.25) is 0 Å². The summed E-state index contributed by atoms with van der Waals surface area (Å²) in [5.74, 6) is 0. The van der Waals surface area contributed by atoms with Gasteiger partial charge in [-0.1, -0.05) is 24.6 Å². The smallest absolute Gasteiger partial charge is 0.192 e. The molecule has 2 rings (SSSR count). The summed E-state index contributed by atoms with van der Waals surface area (Å²) < 4.78 is 0. The predicted octanol–water partition coefficient (Wildman–Crippen LogP) is 4.09. The van der Waals surface area contributed by atoms with Crippen LogP contribution < -0.4 is 5.32 Å². The second-order valence-electron chi connectivity index (χ2n) is 4.51. The monoisotopic (exact) mass is 307 g/mol. The number of halogens is 1. The molecule has 1 heterocycles. The lowest BCUT2D eigenvalue weighted by molar-refractivity contribution is 0.669. The van der Waals surface area contributed by atoms with Crippen molar-refractivity contribution in [3.05, 3.63) is 46.7 Å². The minimum atomic E-state index is 0.736. The second kappa shape index (κ2) is 7.62. The third-order valence-corrected chi connectivity index (χ3v) is 3.96. The number of aromatic nitrogens is 2. The van der Waals surface area contributed by atoms with Crippen LogP contribution in [0.1, 0.15) is 24.6 Å². The fourth-order valence-electron chi connectivity index (χ4n) is 1.74. The Balaban J connectivity index is 2.18. The maximum absolute atomic E-state index is 6.10. The fourth-order valence-corrected chi connectivity index (χ4v) is 2.94. The molecule has 3 nitrogen and oxygen atoms in total. The van der Waals surface area contributed by atoms with Crippen molar-refractivity contribution in [1.29, 1.82) is 0 Å². The van der Waals surface area contributed by atoms with Crippen molar-refractivity contribution in [3.63, 3.8) is 0 Å². The number of hydrogen-bond donors (Lipinski definition) is 1. The topological polar surface area (TPSA) is 37.8 Å². The molecule has 106 valence electrons. The van der Waals surface area contributed by atoms with Crippen LogP contribution in [0, 0.1) is 6.92 Å². The Morgan fingerprint density at radius 3 is 2.90 bits per heavy atom. The summed E-state index contributed by atoms with van der Waals surface area (Å²) >= 11 is 7.66. The molecule has 0 amide bonds. The molecule has 0 atom stereocenters. The average Bonchev–Trinajstić information content (AvgIpc) is 2.41. The van der Waals surface area contributed by atoms with Crippen LogP contribution in [0.25, 0.3) is 0 Å². The summed E-state index contributed by atoms with van der Waals surface area (Å²) in [7, 11) is 0. The molecular formula is C15H18ClN3S. The number of hydrogen-bond acceptors (Lipinski definition) is 4. The average molecular weight is 308 g/mol. The third kappa shape index (κ3) is 4.47. The van der Waals surface area contributed by atoms with Gasteiger partial charge in [0.15, 0.2) is 5.16 Å². The van der Waals surface area contributed by atoms with Gasteiger partial charge < -0.3 is 5.32 Å². The number of nitrogens with one attached hydrogen (secondary N) is 1. The molecule has 0 aliphatic heterocycles. The lowest BCUT2D eigenvalue weighted by Crippen LogP contribution is -2.14. The molecule has 0 saturated carbocycles. The maximum atomic E-state index is 6.10. The first-order valence-electron chi connectivity index (χ1n) is 6.65. The number of rotatable bonds is 6. The molecule has 0 unspecified atom stereocenters. The zero-order valence-corrected chi connectivity index (χ0v) is 13.3. The number of nitrogens with zero attached hydrogens (tertiary/aromatic N) is 2. The van der Waals surface area contributed by atoms with Crippen molar-refractivity contribution in [2.75, 3.05) is 6.54 Å². The Morgan fingerprint density at radius 2 is 2.15 bits per heavy atom. The molecule has 0 aliphatic carbocycles. The SMILES string of the molecule is CCCNCc1ccc(Cl)cc1Sc1nccc(C)n1. The Hall–Kier alpha value is -1.10. The van der Waals surface area contributed by atoms with E-state index in [0.29, 0.717) is 0 Å². The summed E-state index contributed by atoms with van der Waals surface area (Å²) in [6.45, 7) is 5.96. The zero-order valence-electron chi connectivity index (χ0n) is 11.7. The van der Waals surface area contributed by atoms with Gasteiger partial charge in [0.1, 0.15) is 0 Å². The van der Waals surface area contributed by atoms with E-state index < -0.39 is 0 Å². The Kier molecular flexibility index (Phi) is 5.83. The molecule has 0 fully saturated rings. The van der Waals surface area contributed by atoms with E-state index in [4.69, 9.17) is 11.6 Å². The molecule has 1 aromatic heterocycles. The molecule has 0 spiro atoms. The van der Waals surface area contributed by atoms with E-state index in [-0.39, 0.29) is 0 Å². The third-order valence-electron chi connectivity index (χ3n) is 2.75. The first-order valence-corrected chi connectivity index (χ1v) is 7.85. The van der Waals surface area contributed by atoms with Crippen LogP contribution in [0.4, 0.5) is 0 Å². The van der Waals surface area contributed by atoms with Gasteiger partial charge in [-0.2, -0.15) is 0 Å². The molecule has 0 bridgehead atoms. The van der Waals surface area contributed by atoms with E-state index in [1.54, 1.807) is 18.0 Å². The summed E-state index contributed by atoms with van der Waals surface area (Å²) in [5.41, 5.74) is 2.19. The van der Waals surface area contributed by atoms with Crippen LogP contribution in [0.15, 0.2) is 40.5 Å². The van der Waals surface area contributed by atoms with E-state index in [1.165, 1.54) is 5.56 Å². The molecule has 0 radical (unpaired) electrons. The number of aryl methyl sites for hydroxylation is 1. The van der Waals surface area contributed by atoms with E-state index in [2.05, 4.69) is 28.3 Å². The Morgan fingerprint density at radius 1 is 1.30 bits per heavy atom. The molecule has 1 N–H and O–H groups in total. The van der Waals surface area contributed by atoms with E-state index >= 15 is 0 Å². The summed E-state index contributed by atoms with van der Waals surface area (Å²) in [6, 6.07) is 7.85. The lowest BCUT2D eigenvalue weighted by Gasteiger charge is -2.10. The fraction of sp³-hybridized carbons (Fsp3) is 0.333. The van der Waals surface area contributed by atoms with Gasteiger partial charge in [-0.05, 0) is 55.4 Å². The van der Waals surface area contributed by atoms with Gasteiger partial charge in [-0.15, -0.1) is 0 Å². The minimum absolute atomic E-state index is 0.736. The highest BCUT2D eigenvalue weighted by atomic mass is 35.5. The first-order chi connectivity index (χ1) is 9.69. The van der Waals surface area contributed by atoms with Crippen LogP contribution in [-0.4, -0.2) is 16.5 Å². The van der Waals surface area contributed by atoms with Gasteiger partial charge in [0.05, 0.1) is 0 Å². The molecule has 0 aliphatic rings. The largest absolute Gasteiger partial charge is 0.313 e. The quantitative estimate of drug-likeness (QED) is 0.644. The van der Waals surface area contributed by atoms with E-state index in [0.717, 1.165) is 40.3 Å². The Labute approximate surface area is 129 Å². The van der Waals surface area contributed by atoms with Crippen LogP contribution >= 0.6 is 23.4 Å². The molecular weight excluding hydrogens is 290 g/mol. The van der Waals surface area contributed by atoms with Gasteiger partial charge in [0, 0.05) is 28.4 Å². The lowest BCUT2D eigenvalue weighted by atomic mass is 10.2. The van der Waals surface area contributed by atoms with Crippen LogP contribution in [0.2, 0.25) is 5.02 Å². The summed E-state index contributed by atoms with van der Waals surface area (Å²) in [6.07, 6.45) is 2.90. The molecule has 5 heteroatoms. The standard InChI is InChI=1S/C15H18ClN3S/c1-3-7-17-10-12-4-5-13(16)9-14(12)20-15-18-8-6-11(2)19-15/h4-6,8-9,17H,3,7,10H2,1-2H3. The van der Waals surface area contributed by atoms with E-state index in [9.17, 15) is 0 Å².